The van der Waals surface area contributed by atoms with Gasteiger partial charge in [-0.15, -0.1) is 12.3 Å². The highest BCUT2D eigenvalue weighted by Crippen LogP contribution is 2.70. The van der Waals surface area contributed by atoms with Gasteiger partial charge in [-0.1, -0.05) is 20.8 Å². The second-order valence-electron chi connectivity index (χ2n) is 9.33. The lowest BCUT2D eigenvalue weighted by atomic mass is 9.39. The lowest BCUT2D eigenvalue weighted by Gasteiger charge is -2.66. The highest BCUT2D eigenvalue weighted by molar-refractivity contribution is 5.11. The second kappa shape index (κ2) is 5.31. The summed E-state index contributed by atoms with van der Waals surface area (Å²) in [7, 11) is 0. The maximum atomic E-state index is 5.50. The molecular weight excluding hydrogens is 254 g/mol. The molecule has 0 spiro atoms. The van der Waals surface area contributed by atoms with Crippen LogP contribution in [-0.4, -0.2) is 12.6 Å². The molecule has 0 aromatic carbocycles. The fraction of sp³-hybridized carbons (Fsp3) is 0.900. The van der Waals surface area contributed by atoms with Crippen LogP contribution in [0, 0.1) is 34.5 Å². The van der Waals surface area contributed by atoms with Crippen molar-refractivity contribution in [1.82, 2.24) is 5.32 Å². The zero-order valence-corrected chi connectivity index (χ0v) is 14.3. The van der Waals surface area contributed by atoms with Gasteiger partial charge >= 0.3 is 0 Å². The predicted octanol–water partition coefficient (Wildman–Crippen LogP) is 4.76. The van der Waals surface area contributed by atoms with Gasteiger partial charge < -0.3 is 5.32 Å². The fourth-order valence-electron chi connectivity index (χ4n) is 7.26. The fourth-order valence-corrected chi connectivity index (χ4v) is 7.26. The molecule has 4 rings (SSSR count). The van der Waals surface area contributed by atoms with Crippen LogP contribution in [0.15, 0.2) is 0 Å². The smallest absolute Gasteiger partial charge is 0.0101 e. The summed E-state index contributed by atoms with van der Waals surface area (Å²) in [5, 5.41) is 3.72. The zero-order valence-electron chi connectivity index (χ0n) is 14.3. The first kappa shape index (κ1) is 15.4. The maximum absolute atomic E-state index is 5.50. The first-order chi connectivity index (χ1) is 9.90. The zero-order chi connectivity index (χ0) is 15.1. The van der Waals surface area contributed by atoms with Crippen molar-refractivity contribution in [1.29, 1.82) is 0 Å². The Balaban J connectivity index is 1.76. The monoisotopic (exact) mass is 287 g/mol. The molecule has 1 heteroatoms. The van der Waals surface area contributed by atoms with E-state index in [-0.39, 0.29) is 0 Å². The highest BCUT2D eigenvalue weighted by atomic mass is 14.9. The molecule has 0 aromatic rings. The molecule has 1 nitrogen and oxygen atoms in total. The third-order valence-electron chi connectivity index (χ3n) is 6.55. The molecule has 0 aromatic heterocycles. The van der Waals surface area contributed by atoms with Crippen molar-refractivity contribution in [3.8, 4) is 12.3 Å². The van der Waals surface area contributed by atoms with Crippen LogP contribution in [0.3, 0.4) is 0 Å². The van der Waals surface area contributed by atoms with E-state index >= 15 is 0 Å². The van der Waals surface area contributed by atoms with Gasteiger partial charge in [-0.25, -0.2) is 0 Å². The Hall–Kier alpha value is -0.480. The second-order valence-corrected chi connectivity index (χ2v) is 9.33. The van der Waals surface area contributed by atoms with Crippen LogP contribution in [0.1, 0.15) is 78.6 Å². The third kappa shape index (κ3) is 3.02. The summed E-state index contributed by atoms with van der Waals surface area (Å²) in [4.78, 5) is 0. The van der Waals surface area contributed by atoms with Gasteiger partial charge in [-0.3, -0.25) is 0 Å². The number of hydrogen-bond donors (Lipinski definition) is 1. The normalized spacial score (nSPS) is 45.5. The van der Waals surface area contributed by atoms with E-state index in [4.69, 9.17) is 6.42 Å². The van der Waals surface area contributed by atoms with Gasteiger partial charge in [0.25, 0.3) is 0 Å². The first-order valence-electron chi connectivity index (χ1n) is 9.07. The molecule has 21 heavy (non-hydrogen) atoms. The SMILES string of the molecule is C#CCCC(CC12CC3CC(C)(CC(C)(C3)C1)C2)NCC. The largest absolute Gasteiger partial charge is 0.314 e. The molecule has 0 heterocycles. The summed E-state index contributed by atoms with van der Waals surface area (Å²) >= 11 is 0. The summed E-state index contributed by atoms with van der Waals surface area (Å²) < 4.78 is 0. The van der Waals surface area contributed by atoms with E-state index in [1.165, 1.54) is 44.9 Å². The summed E-state index contributed by atoms with van der Waals surface area (Å²) in [6, 6.07) is 0.634. The van der Waals surface area contributed by atoms with E-state index in [0.717, 1.165) is 25.3 Å². The number of hydrogen-bond acceptors (Lipinski definition) is 1. The van der Waals surface area contributed by atoms with Gasteiger partial charge in [-0.05, 0) is 80.1 Å². The van der Waals surface area contributed by atoms with Crippen LogP contribution in [0.5, 0.6) is 0 Å². The Morgan fingerprint density at radius 2 is 1.81 bits per heavy atom. The van der Waals surface area contributed by atoms with Crippen LogP contribution < -0.4 is 5.32 Å². The molecule has 118 valence electrons. The quantitative estimate of drug-likeness (QED) is 0.694. The van der Waals surface area contributed by atoms with Gasteiger partial charge in [0.05, 0.1) is 0 Å². The summed E-state index contributed by atoms with van der Waals surface area (Å²) in [6.07, 6.45) is 17.9. The van der Waals surface area contributed by atoms with Crippen molar-refractivity contribution in [3.63, 3.8) is 0 Å². The lowest BCUT2D eigenvalue weighted by molar-refractivity contribution is -0.150. The molecule has 0 radical (unpaired) electrons. The topological polar surface area (TPSA) is 12.0 Å². The van der Waals surface area contributed by atoms with E-state index in [1.54, 1.807) is 0 Å². The van der Waals surface area contributed by atoms with E-state index in [1.807, 2.05) is 0 Å². The first-order valence-corrected chi connectivity index (χ1v) is 9.07. The Labute approximate surface area is 131 Å². The predicted molar refractivity (Wildman–Crippen MR) is 90.0 cm³/mol. The Kier molecular flexibility index (Phi) is 3.90. The van der Waals surface area contributed by atoms with Crippen LogP contribution in [-0.2, 0) is 0 Å². The molecule has 4 bridgehead atoms. The molecule has 4 aliphatic carbocycles. The number of nitrogens with one attached hydrogen (secondary N) is 1. The highest BCUT2D eigenvalue weighted by Gasteiger charge is 2.59. The van der Waals surface area contributed by atoms with Crippen molar-refractivity contribution in [3.05, 3.63) is 0 Å². The Morgan fingerprint density at radius 3 is 2.33 bits per heavy atom. The summed E-state index contributed by atoms with van der Waals surface area (Å²) in [6.45, 7) is 8.46. The van der Waals surface area contributed by atoms with Gasteiger partial charge in [0.1, 0.15) is 0 Å². The minimum Gasteiger partial charge on any atom is -0.314 e. The molecule has 4 aliphatic rings. The molecule has 4 fully saturated rings. The van der Waals surface area contributed by atoms with E-state index in [9.17, 15) is 0 Å². The summed E-state index contributed by atoms with van der Waals surface area (Å²) in [5.41, 5.74) is 1.89. The minimum absolute atomic E-state index is 0.615. The molecular formula is C20H33N. The Morgan fingerprint density at radius 1 is 1.14 bits per heavy atom. The van der Waals surface area contributed by atoms with Crippen LogP contribution in [0.2, 0.25) is 0 Å². The van der Waals surface area contributed by atoms with Crippen LogP contribution in [0.25, 0.3) is 0 Å². The van der Waals surface area contributed by atoms with Gasteiger partial charge in [0, 0.05) is 12.5 Å². The van der Waals surface area contributed by atoms with E-state index in [0.29, 0.717) is 22.3 Å². The molecule has 0 aliphatic heterocycles. The van der Waals surface area contributed by atoms with Gasteiger partial charge in [0.15, 0.2) is 0 Å². The molecule has 0 saturated heterocycles. The number of terminal acetylenes is 1. The van der Waals surface area contributed by atoms with Crippen LogP contribution in [0.4, 0.5) is 0 Å². The molecule has 0 amide bonds. The van der Waals surface area contributed by atoms with Crippen molar-refractivity contribution in [2.45, 2.75) is 84.6 Å². The average Bonchev–Trinajstić information content (AvgIpc) is 2.31. The lowest BCUT2D eigenvalue weighted by Crippen LogP contribution is -2.56. The van der Waals surface area contributed by atoms with Gasteiger partial charge in [0.2, 0.25) is 0 Å². The van der Waals surface area contributed by atoms with Crippen molar-refractivity contribution in [2.75, 3.05) is 6.54 Å². The van der Waals surface area contributed by atoms with Crippen molar-refractivity contribution < 1.29 is 0 Å². The van der Waals surface area contributed by atoms with Gasteiger partial charge in [-0.2, -0.15) is 0 Å². The molecule has 4 saturated carbocycles. The summed E-state index contributed by atoms with van der Waals surface area (Å²) in [5.74, 6) is 3.85. The molecule has 3 unspecified atom stereocenters. The minimum atomic E-state index is 0.615. The van der Waals surface area contributed by atoms with E-state index < -0.39 is 0 Å². The van der Waals surface area contributed by atoms with Crippen molar-refractivity contribution >= 4 is 0 Å². The number of rotatable bonds is 6. The van der Waals surface area contributed by atoms with Crippen molar-refractivity contribution in [2.24, 2.45) is 22.2 Å². The standard InChI is InChI=1S/C20H33N/c1-5-7-8-17(21-6-2)12-20-11-16-9-18(3,14-20)13-19(4,10-16)15-20/h1,16-17,21H,6-15H2,2-4H3. The maximum Gasteiger partial charge on any atom is 0.0101 e. The van der Waals surface area contributed by atoms with Crippen LogP contribution >= 0.6 is 0 Å². The average molecular weight is 287 g/mol. The molecule has 3 atom stereocenters. The third-order valence-corrected chi connectivity index (χ3v) is 6.55. The van der Waals surface area contributed by atoms with E-state index in [2.05, 4.69) is 32.0 Å². The molecule has 1 N–H and O–H groups in total. The Bertz CT molecular complexity index is 414.